The van der Waals surface area contributed by atoms with Crippen molar-refractivity contribution in [3.8, 4) is 0 Å². The zero-order chi connectivity index (χ0) is 13.9. The Hall–Kier alpha value is -0.570. The van der Waals surface area contributed by atoms with Crippen LogP contribution in [0.3, 0.4) is 0 Å². The Morgan fingerprint density at radius 2 is 1.79 bits per heavy atom. The molecule has 2 aliphatic rings. The summed E-state index contributed by atoms with van der Waals surface area (Å²) in [5.74, 6) is 1.90. The first-order valence-corrected chi connectivity index (χ1v) is 8.08. The van der Waals surface area contributed by atoms with E-state index in [4.69, 9.17) is 5.73 Å². The molecule has 1 aliphatic heterocycles. The molecule has 110 valence electrons. The Kier molecular flexibility index (Phi) is 4.88. The third-order valence-corrected chi connectivity index (χ3v) is 5.42. The molecule has 2 rings (SSSR count). The molecule has 2 N–H and O–H groups in total. The summed E-state index contributed by atoms with van der Waals surface area (Å²) in [5, 5.41) is 0. The molecule has 3 nitrogen and oxygen atoms in total. The highest BCUT2D eigenvalue weighted by atomic mass is 16.2. The van der Waals surface area contributed by atoms with Gasteiger partial charge in [0.15, 0.2) is 0 Å². The van der Waals surface area contributed by atoms with Gasteiger partial charge in [0.2, 0.25) is 5.91 Å². The van der Waals surface area contributed by atoms with Crippen LogP contribution in [0.5, 0.6) is 0 Å². The van der Waals surface area contributed by atoms with Gasteiger partial charge in [-0.1, -0.05) is 33.1 Å². The summed E-state index contributed by atoms with van der Waals surface area (Å²) in [5.41, 5.74) is 5.75. The number of rotatable bonds is 3. The molecular weight excluding hydrogens is 236 g/mol. The predicted molar refractivity (Wildman–Crippen MR) is 78.7 cm³/mol. The Bertz CT molecular complexity index is 300. The quantitative estimate of drug-likeness (QED) is 0.854. The Labute approximate surface area is 117 Å². The Balaban J connectivity index is 1.96. The van der Waals surface area contributed by atoms with Gasteiger partial charge in [-0.3, -0.25) is 4.79 Å². The maximum absolute atomic E-state index is 12.8. The standard InChI is InChI=1S/C16H30N2O/c1-13(2)14-6-10-18(11-7-14)15(19)16(12-17)8-4-3-5-9-16/h13-14H,3-12,17H2,1-2H3. The van der Waals surface area contributed by atoms with Crippen molar-refractivity contribution in [1.82, 2.24) is 4.90 Å². The van der Waals surface area contributed by atoms with Crippen LogP contribution in [0.15, 0.2) is 0 Å². The number of piperidine rings is 1. The number of hydrogen-bond acceptors (Lipinski definition) is 2. The van der Waals surface area contributed by atoms with Crippen molar-refractivity contribution >= 4 is 5.91 Å². The van der Waals surface area contributed by atoms with Crippen LogP contribution in [-0.2, 0) is 4.79 Å². The minimum absolute atomic E-state index is 0.219. The molecule has 1 saturated heterocycles. The second-order valence-corrected chi connectivity index (χ2v) is 6.92. The van der Waals surface area contributed by atoms with E-state index in [1.54, 1.807) is 0 Å². The van der Waals surface area contributed by atoms with Crippen LogP contribution in [0.2, 0.25) is 0 Å². The SMILES string of the molecule is CC(C)C1CCN(C(=O)C2(CN)CCCCC2)CC1. The van der Waals surface area contributed by atoms with Gasteiger partial charge in [0.1, 0.15) is 0 Å². The van der Waals surface area contributed by atoms with Gasteiger partial charge in [-0.15, -0.1) is 0 Å². The van der Waals surface area contributed by atoms with E-state index in [9.17, 15) is 4.79 Å². The van der Waals surface area contributed by atoms with Crippen LogP contribution in [0.25, 0.3) is 0 Å². The van der Waals surface area contributed by atoms with E-state index in [0.29, 0.717) is 12.5 Å². The second-order valence-electron chi connectivity index (χ2n) is 6.92. The van der Waals surface area contributed by atoms with Crippen LogP contribution < -0.4 is 5.73 Å². The Morgan fingerprint density at radius 1 is 1.21 bits per heavy atom. The molecule has 1 saturated carbocycles. The summed E-state index contributed by atoms with van der Waals surface area (Å²) in [6.45, 7) is 7.03. The van der Waals surface area contributed by atoms with Gasteiger partial charge >= 0.3 is 0 Å². The van der Waals surface area contributed by atoms with Crippen molar-refractivity contribution in [2.45, 2.75) is 58.8 Å². The van der Waals surface area contributed by atoms with E-state index in [-0.39, 0.29) is 5.41 Å². The van der Waals surface area contributed by atoms with E-state index >= 15 is 0 Å². The first-order chi connectivity index (χ1) is 9.09. The maximum Gasteiger partial charge on any atom is 0.230 e. The van der Waals surface area contributed by atoms with Gasteiger partial charge in [-0.05, 0) is 37.5 Å². The van der Waals surface area contributed by atoms with Crippen LogP contribution >= 0.6 is 0 Å². The van der Waals surface area contributed by atoms with Crippen LogP contribution in [0.1, 0.15) is 58.8 Å². The number of carbonyl (C=O) groups excluding carboxylic acids is 1. The van der Waals surface area contributed by atoms with E-state index in [1.807, 2.05) is 0 Å². The molecule has 1 amide bonds. The highest BCUT2D eigenvalue weighted by Crippen LogP contribution is 2.38. The highest BCUT2D eigenvalue weighted by molar-refractivity contribution is 5.83. The zero-order valence-electron chi connectivity index (χ0n) is 12.7. The fraction of sp³-hybridized carbons (Fsp3) is 0.938. The molecule has 2 fully saturated rings. The fourth-order valence-corrected chi connectivity index (χ4v) is 3.84. The van der Waals surface area contributed by atoms with E-state index in [0.717, 1.165) is 37.8 Å². The van der Waals surface area contributed by atoms with Crippen molar-refractivity contribution in [1.29, 1.82) is 0 Å². The van der Waals surface area contributed by atoms with Crippen molar-refractivity contribution in [2.75, 3.05) is 19.6 Å². The summed E-state index contributed by atoms with van der Waals surface area (Å²) < 4.78 is 0. The average molecular weight is 266 g/mol. The number of nitrogens with two attached hydrogens (primary N) is 1. The van der Waals surface area contributed by atoms with Gasteiger partial charge in [-0.2, -0.15) is 0 Å². The topological polar surface area (TPSA) is 46.3 Å². The number of amides is 1. The fourth-order valence-electron chi connectivity index (χ4n) is 3.84. The molecule has 0 radical (unpaired) electrons. The van der Waals surface area contributed by atoms with Crippen LogP contribution in [0, 0.1) is 17.3 Å². The molecule has 0 spiro atoms. The summed E-state index contributed by atoms with van der Waals surface area (Å²) in [6.07, 6.45) is 7.97. The van der Waals surface area contributed by atoms with Crippen LogP contribution in [-0.4, -0.2) is 30.4 Å². The molecule has 19 heavy (non-hydrogen) atoms. The lowest BCUT2D eigenvalue weighted by molar-refractivity contribution is -0.145. The normalized spacial score (nSPS) is 24.7. The first kappa shape index (κ1) is 14.8. The molecule has 0 atom stereocenters. The van der Waals surface area contributed by atoms with Crippen molar-refractivity contribution in [2.24, 2.45) is 23.0 Å². The molecule has 1 heterocycles. The number of hydrogen-bond donors (Lipinski definition) is 1. The van der Waals surface area contributed by atoms with Gasteiger partial charge < -0.3 is 10.6 Å². The predicted octanol–water partition coefficient (Wildman–Crippen LogP) is 2.79. The smallest absolute Gasteiger partial charge is 0.230 e. The lowest BCUT2D eigenvalue weighted by atomic mass is 9.72. The zero-order valence-corrected chi connectivity index (χ0v) is 12.7. The lowest BCUT2D eigenvalue weighted by Crippen LogP contribution is -2.51. The summed E-state index contributed by atoms with van der Waals surface area (Å²) >= 11 is 0. The minimum Gasteiger partial charge on any atom is -0.342 e. The molecule has 1 aliphatic carbocycles. The maximum atomic E-state index is 12.8. The largest absolute Gasteiger partial charge is 0.342 e. The molecule has 3 heteroatoms. The highest BCUT2D eigenvalue weighted by Gasteiger charge is 2.41. The molecule has 0 aromatic heterocycles. The minimum atomic E-state index is -0.219. The number of nitrogens with zero attached hydrogens (tertiary/aromatic N) is 1. The summed E-state index contributed by atoms with van der Waals surface area (Å²) in [6, 6.07) is 0. The average Bonchev–Trinajstić information content (AvgIpc) is 2.47. The second kappa shape index (κ2) is 6.25. The first-order valence-electron chi connectivity index (χ1n) is 8.08. The molecule has 0 aromatic carbocycles. The molecule has 0 unspecified atom stereocenters. The lowest BCUT2D eigenvalue weighted by Gasteiger charge is -2.42. The van der Waals surface area contributed by atoms with Gasteiger partial charge in [-0.25, -0.2) is 0 Å². The monoisotopic (exact) mass is 266 g/mol. The number of likely N-dealkylation sites (tertiary alicyclic amines) is 1. The van der Waals surface area contributed by atoms with E-state index in [1.165, 1.54) is 32.1 Å². The van der Waals surface area contributed by atoms with Gasteiger partial charge in [0, 0.05) is 19.6 Å². The molecular formula is C16H30N2O. The van der Waals surface area contributed by atoms with Gasteiger partial charge in [0.05, 0.1) is 5.41 Å². The van der Waals surface area contributed by atoms with Crippen molar-refractivity contribution in [3.63, 3.8) is 0 Å². The van der Waals surface area contributed by atoms with Crippen LogP contribution in [0.4, 0.5) is 0 Å². The summed E-state index contributed by atoms with van der Waals surface area (Å²) in [7, 11) is 0. The molecule has 0 bridgehead atoms. The number of carbonyl (C=O) groups is 1. The van der Waals surface area contributed by atoms with Gasteiger partial charge in [0.25, 0.3) is 0 Å². The third kappa shape index (κ3) is 3.13. The van der Waals surface area contributed by atoms with E-state index < -0.39 is 0 Å². The summed E-state index contributed by atoms with van der Waals surface area (Å²) in [4.78, 5) is 14.9. The molecule has 0 aromatic rings. The van der Waals surface area contributed by atoms with Crippen molar-refractivity contribution < 1.29 is 4.79 Å². The Morgan fingerprint density at radius 3 is 2.26 bits per heavy atom. The third-order valence-electron chi connectivity index (χ3n) is 5.42. The van der Waals surface area contributed by atoms with E-state index in [2.05, 4.69) is 18.7 Å². The van der Waals surface area contributed by atoms with Crippen molar-refractivity contribution in [3.05, 3.63) is 0 Å².